The highest BCUT2D eigenvalue weighted by Crippen LogP contribution is 2.37. The average molecular weight is 264 g/mol. The Morgan fingerprint density at radius 1 is 1.37 bits per heavy atom. The lowest BCUT2D eigenvalue weighted by atomic mass is 9.87. The van der Waals surface area contributed by atoms with E-state index >= 15 is 0 Å². The van der Waals surface area contributed by atoms with E-state index < -0.39 is 17.7 Å². The molecule has 2 N–H and O–H groups in total. The van der Waals surface area contributed by atoms with Crippen LogP contribution in [0.2, 0.25) is 0 Å². The maximum absolute atomic E-state index is 14.0. The second kappa shape index (κ2) is 4.95. The largest absolute Gasteiger partial charge is 0.495 e. The number of allylic oxidation sites excluding steroid dienone is 2. The molecule has 2 rings (SSSR count). The Hall–Kier alpha value is -1.98. The predicted octanol–water partition coefficient (Wildman–Crippen LogP) is 1.20. The smallest absolute Gasteiger partial charge is 0.295 e. The number of aldehydes is 1. The highest BCUT2D eigenvalue weighted by molar-refractivity contribution is 5.94. The fraction of sp³-hybridized carbons (Fsp3) is 0.214. The van der Waals surface area contributed by atoms with Crippen molar-refractivity contribution in [2.45, 2.75) is 12.0 Å². The van der Waals surface area contributed by atoms with Crippen LogP contribution >= 0.6 is 0 Å². The lowest BCUT2D eigenvalue weighted by molar-refractivity contribution is -0.155. The molecule has 1 aromatic carbocycles. The van der Waals surface area contributed by atoms with Crippen molar-refractivity contribution in [2.75, 3.05) is 7.11 Å². The van der Waals surface area contributed by atoms with Crippen LogP contribution in [0.25, 0.3) is 5.57 Å². The summed E-state index contributed by atoms with van der Waals surface area (Å²) >= 11 is 0. The number of ether oxygens (including phenoxy) is 1. The van der Waals surface area contributed by atoms with Crippen molar-refractivity contribution in [3.63, 3.8) is 0 Å². The topological polar surface area (TPSA) is 66.8 Å². The molecule has 0 saturated carbocycles. The Morgan fingerprint density at radius 3 is 2.53 bits per heavy atom. The van der Waals surface area contributed by atoms with Crippen molar-refractivity contribution in [3.8, 4) is 0 Å². The molecule has 100 valence electrons. The van der Waals surface area contributed by atoms with Crippen LogP contribution in [0.3, 0.4) is 0 Å². The molecule has 0 radical (unpaired) electrons. The van der Waals surface area contributed by atoms with Gasteiger partial charge in [-0.25, -0.2) is 4.39 Å². The monoisotopic (exact) mass is 264 g/mol. The molecular formula is C14H13FO4. The molecule has 4 nitrogen and oxygen atoms in total. The Kier molecular flexibility index (Phi) is 3.50. The Labute approximate surface area is 109 Å². The molecule has 1 aliphatic rings. The quantitative estimate of drug-likeness (QED) is 0.805. The van der Waals surface area contributed by atoms with Gasteiger partial charge in [-0.3, -0.25) is 4.79 Å². The standard InChI is InChI=1S/C14H13FO4/c1-19-12-7-10(9-5-3-2-4-6-9)11(8-16)13(17)14(12,15)18/h2-8,13,17-18H,1H3. The number of aliphatic hydroxyl groups excluding tert-OH is 1. The number of aliphatic hydroxyl groups is 2. The number of rotatable bonds is 3. The van der Waals surface area contributed by atoms with Crippen molar-refractivity contribution in [1.82, 2.24) is 0 Å². The van der Waals surface area contributed by atoms with E-state index in [1.54, 1.807) is 30.3 Å². The molecule has 1 aliphatic carbocycles. The van der Waals surface area contributed by atoms with Crippen molar-refractivity contribution >= 4 is 11.9 Å². The van der Waals surface area contributed by atoms with Gasteiger partial charge in [-0.05, 0) is 17.2 Å². The van der Waals surface area contributed by atoms with Crippen LogP contribution < -0.4 is 0 Å². The van der Waals surface area contributed by atoms with E-state index in [0.717, 1.165) is 0 Å². The normalized spacial score (nSPS) is 26.9. The molecular weight excluding hydrogens is 251 g/mol. The van der Waals surface area contributed by atoms with Gasteiger partial charge in [0.1, 0.15) is 12.4 Å². The first-order valence-corrected chi connectivity index (χ1v) is 5.62. The van der Waals surface area contributed by atoms with Gasteiger partial charge in [0.25, 0.3) is 5.85 Å². The Balaban J connectivity index is 2.63. The van der Waals surface area contributed by atoms with Gasteiger partial charge in [0, 0.05) is 5.57 Å². The number of carbonyl (C=O) groups excluding carboxylic acids is 1. The van der Waals surface area contributed by atoms with Crippen LogP contribution in [-0.4, -0.2) is 35.6 Å². The zero-order valence-electron chi connectivity index (χ0n) is 10.2. The molecule has 0 aromatic heterocycles. The summed E-state index contributed by atoms with van der Waals surface area (Å²) in [5.74, 6) is -3.55. The van der Waals surface area contributed by atoms with Gasteiger partial charge in [0.2, 0.25) is 0 Å². The van der Waals surface area contributed by atoms with E-state index in [2.05, 4.69) is 0 Å². The summed E-state index contributed by atoms with van der Waals surface area (Å²) in [6, 6.07) is 8.69. The lowest BCUT2D eigenvalue weighted by Gasteiger charge is -2.31. The van der Waals surface area contributed by atoms with E-state index in [9.17, 15) is 19.4 Å². The molecule has 0 amide bonds. The number of carbonyl (C=O) groups is 1. The zero-order valence-corrected chi connectivity index (χ0v) is 10.2. The molecule has 0 fully saturated rings. The number of halogens is 1. The van der Waals surface area contributed by atoms with Gasteiger partial charge < -0.3 is 14.9 Å². The van der Waals surface area contributed by atoms with Crippen molar-refractivity contribution in [1.29, 1.82) is 0 Å². The summed E-state index contributed by atoms with van der Waals surface area (Å²) in [7, 11) is 1.18. The summed E-state index contributed by atoms with van der Waals surface area (Å²) in [4.78, 5) is 11.1. The average Bonchev–Trinajstić information content (AvgIpc) is 2.42. The number of hydrogen-bond donors (Lipinski definition) is 2. The van der Waals surface area contributed by atoms with Crippen LogP contribution in [0, 0.1) is 0 Å². The van der Waals surface area contributed by atoms with Gasteiger partial charge in [-0.1, -0.05) is 30.3 Å². The molecule has 1 aromatic rings. The maximum Gasteiger partial charge on any atom is 0.295 e. The molecule has 5 heteroatoms. The number of methoxy groups -OCH3 is 1. The SMILES string of the molecule is COC1=CC(c2ccccc2)=C(C=O)C(O)C1(O)F. The third-order valence-corrected chi connectivity index (χ3v) is 3.02. The predicted molar refractivity (Wildman–Crippen MR) is 66.6 cm³/mol. The van der Waals surface area contributed by atoms with Crippen LogP contribution in [0.5, 0.6) is 0 Å². The summed E-state index contributed by atoms with van der Waals surface area (Å²) in [6.45, 7) is 0. The van der Waals surface area contributed by atoms with E-state index in [4.69, 9.17) is 4.74 Å². The van der Waals surface area contributed by atoms with Gasteiger partial charge in [-0.2, -0.15) is 0 Å². The van der Waals surface area contributed by atoms with Crippen molar-refractivity contribution in [3.05, 3.63) is 53.3 Å². The second-order valence-corrected chi connectivity index (χ2v) is 4.14. The minimum Gasteiger partial charge on any atom is -0.495 e. The summed E-state index contributed by atoms with van der Waals surface area (Å²) in [5.41, 5.74) is 0.716. The molecule has 19 heavy (non-hydrogen) atoms. The third-order valence-electron chi connectivity index (χ3n) is 3.02. The van der Waals surface area contributed by atoms with Crippen LogP contribution in [0.1, 0.15) is 5.56 Å². The van der Waals surface area contributed by atoms with E-state index in [-0.39, 0.29) is 5.57 Å². The first-order chi connectivity index (χ1) is 9.02. The minimum atomic E-state index is -3.11. The van der Waals surface area contributed by atoms with Gasteiger partial charge >= 0.3 is 0 Å². The zero-order chi connectivity index (χ0) is 14.0. The molecule has 0 spiro atoms. The van der Waals surface area contributed by atoms with E-state index in [0.29, 0.717) is 17.4 Å². The summed E-state index contributed by atoms with van der Waals surface area (Å²) in [5, 5.41) is 19.4. The summed E-state index contributed by atoms with van der Waals surface area (Å²) < 4.78 is 18.7. The van der Waals surface area contributed by atoms with Crippen LogP contribution in [-0.2, 0) is 9.53 Å². The highest BCUT2D eigenvalue weighted by Gasteiger charge is 2.47. The summed E-state index contributed by atoms with van der Waals surface area (Å²) in [6.07, 6.45) is -0.438. The minimum absolute atomic E-state index is 0.225. The van der Waals surface area contributed by atoms with E-state index in [1.165, 1.54) is 13.2 Å². The number of hydrogen-bond acceptors (Lipinski definition) is 4. The van der Waals surface area contributed by atoms with Gasteiger partial charge in [0.15, 0.2) is 5.76 Å². The fourth-order valence-electron chi connectivity index (χ4n) is 2.00. The number of benzene rings is 1. The fourth-order valence-corrected chi connectivity index (χ4v) is 2.00. The highest BCUT2D eigenvalue weighted by atomic mass is 19.2. The molecule has 0 bridgehead atoms. The first-order valence-electron chi connectivity index (χ1n) is 5.62. The van der Waals surface area contributed by atoms with Crippen molar-refractivity contribution < 1.29 is 24.1 Å². The molecule has 2 atom stereocenters. The van der Waals surface area contributed by atoms with E-state index in [1.807, 2.05) is 0 Å². The van der Waals surface area contributed by atoms with Crippen molar-refractivity contribution in [2.24, 2.45) is 0 Å². The third kappa shape index (κ3) is 2.18. The Morgan fingerprint density at radius 2 is 2.00 bits per heavy atom. The molecule has 0 aliphatic heterocycles. The van der Waals surface area contributed by atoms with Gasteiger partial charge in [-0.15, -0.1) is 0 Å². The van der Waals surface area contributed by atoms with Crippen LogP contribution in [0.15, 0.2) is 47.7 Å². The second-order valence-electron chi connectivity index (χ2n) is 4.14. The molecule has 2 unspecified atom stereocenters. The lowest BCUT2D eigenvalue weighted by Crippen LogP contribution is -2.44. The molecule has 0 heterocycles. The maximum atomic E-state index is 14.0. The molecule has 0 saturated heterocycles. The first kappa shape index (κ1) is 13.5. The Bertz CT molecular complexity index is 546. The van der Waals surface area contributed by atoms with Crippen LogP contribution in [0.4, 0.5) is 4.39 Å². The number of alkyl halides is 1. The van der Waals surface area contributed by atoms with Gasteiger partial charge in [0.05, 0.1) is 7.11 Å².